The molecule has 0 spiro atoms. The predicted octanol–water partition coefficient (Wildman–Crippen LogP) is 2.55. The summed E-state index contributed by atoms with van der Waals surface area (Å²) >= 11 is 0. The van der Waals surface area contributed by atoms with Crippen LogP contribution in [0.15, 0.2) is 65.6 Å². The minimum Gasteiger partial charge on any atom is -0.507 e. The molecule has 1 aromatic heterocycles. The maximum atomic E-state index is 13.5. The van der Waals surface area contributed by atoms with E-state index in [4.69, 9.17) is 9.84 Å². The third-order valence-corrected chi connectivity index (χ3v) is 7.56. The van der Waals surface area contributed by atoms with Gasteiger partial charge in [-0.15, -0.1) is 5.10 Å². The van der Waals surface area contributed by atoms with Crippen molar-refractivity contribution in [2.75, 3.05) is 20.3 Å². The lowest BCUT2D eigenvalue weighted by Gasteiger charge is -2.20. The Morgan fingerprint density at radius 1 is 0.973 bits per heavy atom. The molecule has 37 heavy (non-hydrogen) atoms. The number of benzene rings is 3. The van der Waals surface area contributed by atoms with Crippen LogP contribution in [-0.4, -0.2) is 68.2 Å². The lowest BCUT2D eigenvalue weighted by molar-refractivity contribution is 0.199. The number of rotatable bonds is 9. The van der Waals surface area contributed by atoms with Crippen LogP contribution in [0.1, 0.15) is 11.1 Å². The fraction of sp³-hybridized carbons (Fsp3) is 0.200. The highest BCUT2D eigenvalue weighted by molar-refractivity contribution is 7.89. The molecular weight excluding hydrogens is 500 g/mol. The lowest BCUT2D eigenvalue weighted by atomic mass is 10.1. The summed E-state index contributed by atoms with van der Waals surface area (Å²) in [6, 6.07) is 15.4. The number of nitrogens with zero attached hydrogens (tertiary/aromatic N) is 4. The molecular formula is C25H26N4O7S. The monoisotopic (exact) mass is 526 g/mol. The van der Waals surface area contributed by atoms with E-state index in [-0.39, 0.29) is 31.1 Å². The first-order chi connectivity index (χ1) is 17.6. The van der Waals surface area contributed by atoms with Crippen LogP contribution in [0.5, 0.6) is 23.3 Å². The molecule has 194 valence electrons. The highest BCUT2D eigenvalue weighted by Gasteiger charge is 2.29. The third kappa shape index (κ3) is 5.07. The molecule has 0 amide bonds. The fourth-order valence-corrected chi connectivity index (χ4v) is 5.09. The number of hydrogen-bond acceptors (Lipinski definition) is 9. The van der Waals surface area contributed by atoms with E-state index < -0.39 is 32.4 Å². The minimum atomic E-state index is -4.28. The summed E-state index contributed by atoms with van der Waals surface area (Å²) in [7, 11) is -2.94. The van der Waals surface area contributed by atoms with E-state index in [0.717, 1.165) is 22.0 Å². The van der Waals surface area contributed by atoms with E-state index in [1.54, 1.807) is 36.4 Å². The average Bonchev–Trinajstić information content (AvgIpc) is 3.24. The molecule has 0 atom stereocenters. The Morgan fingerprint density at radius 3 is 2.41 bits per heavy atom. The quantitative estimate of drug-likeness (QED) is 0.257. The van der Waals surface area contributed by atoms with Crippen molar-refractivity contribution in [1.29, 1.82) is 0 Å². The van der Waals surface area contributed by atoms with Gasteiger partial charge >= 0.3 is 6.01 Å². The number of hydrogen-bond donors (Lipinski definition) is 4. The predicted molar refractivity (Wildman–Crippen MR) is 134 cm³/mol. The Hall–Kier alpha value is -4.13. The normalized spacial score (nSPS) is 11.7. The first-order valence-corrected chi connectivity index (χ1v) is 12.6. The van der Waals surface area contributed by atoms with Crippen molar-refractivity contribution in [3.05, 3.63) is 71.8 Å². The van der Waals surface area contributed by atoms with Gasteiger partial charge in [-0.2, -0.15) is 4.31 Å². The number of para-hydroxylation sites is 2. The molecule has 12 heteroatoms. The Kier molecular flexibility index (Phi) is 7.34. The van der Waals surface area contributed by atoms with Crippen molar-refractivity contribution in [3.63, 3.8) is 0 Å². The first kappa shape index (κ1) is 25.9. The summed E-state index contributed by atoms with van der Waals surface area (Å²) in [6.07, 6.45) is 0. The van der Waals surface area contributed by atoms with Gasteiger partial charge in [0.25, 0.3) is 0 Å². The Labute approximate surface area is 213 Å². The minimum absolute atomic E-state index is 0.0221. The number of aromatic nitrogens is 3. The van der Waals surface area contributed by atoms with Crippen LogP contribution in [0, 0.1) is 6.92 Å². The van der Waals surface area contributed by atoms with Crippen molar-refractivity contribution in [2.24, 2.45) is 0 Å². The molecule has 1 heterocycles. The van der Waals surface area contributed by atoms with E-state index in [2.05, 4.69) is 10.2 Å². The van der Waals surface area contributed by atoms with Gasteiger partial charge < -0.3 is 25.2 Å². The van der Waals surface area contributed by atoms with Crippen molar-refractivity contribution in [3.8, 4) is 40.3 Å². The topological polar surface area (TPSA) is 158 Å². The molecule has 0 aliphatic heterocycles. The molecule has 0 radical (unpaired) electrons. The van der Waals surface area contributed by atoms with Crippen molar-refractivity contribution >= 4 is 10.0 Å². The fourth-order valence-electron chi connectivity index (χ4n) is 3.85. The smallest absolute Gasteiger partial charge is 0.319 e. The van der Waals surface area contributed by atoms with E-state index in [1.807, 2.05) is 19.1 Å². The summed E-state index contributed by atoms with van der Waals surface area (Å²) in [6.45, 7) is 1.56. The zero-order chi connectivity index (χ0) is 26.7. The van der Waals surface area contributed by atoms with Gasteiger partial charge in [0.05, 0.1) is 17.9 Å². The van der Waals surface area contributed by atoms with Crippen LogP contribution < -0.4 is 4.74 Å². The van der Waals surface area contributed by atoms with E-state index >= 15 is 0 Å². The molecule has 0 saturated carbocycles. The maximum Gasteiger partial charge on any atom is 0.319 e. The largest absolute Gasteiger partial charge is 0.507 e. The molecule has 0 bridgehead atoms. The number of ether oxygens (including phenoxy) is 1. The van der Waals surface area contributed by atoms with Crippen LogP contribution in [-0.2, 0) is 16.6 Å². The summed E-state index contributed by atoms with van der Waals surface area (Å²) < 4.78 is 34.8. The van der Waals surface area contributed by atoms with Gasteiger partial charge in [-0.3, -0.25) is 0 Å². The molecule has 0 unspecified atom stereocenters. The molecule has 11 nitrogen and oxygen atoms in total. The van der Waals surface area contributed by atoms with Crippen molar-refractivity contribution in [1.82, 2.24) is 19.1 Å². The lowest BCUT2D eigenvalue weighted by Crippen LogP contribution is -2.27. The van der Waals surface area contributed by atoms with Crippen molar-refractivity contribution < 1.29 is 33.6 Å². The summed E-state index contributed by atoms with van der Waals surface area (Å²) in [5.74, 6) is -0.727. The Bertz CT molecular complexity index is 1540. The number of aliphatic hydroxyl groups is 1. The third-order valence-electron chi connectivity index (χ3n) is 5.72. The van der Waals surface area contributed by atoms with E-state index in [9.17, 15) is 23.7 Å². The van der Waals surface area contributed by atoms with Crippen molar-refractivity contribution in [2.45, 2.75) is 18.4 Å². The second-order valence-corrected chi connectivity index (χ2v) is 10.2. The number of sulfonamides is 1. The van der Waals surface area contributed by atoms with Crippen LogP contribution in [0.2, 0.25) is 0 Å². The van der Waals surface area contributed by atoms with Crippen LogP contribution >= 0.6 is 0 Å². The Morgan fingerprint density at radius 2 is 1.68 bits per heavy atom. The molecule has 0 saturated heterocycles. The van der Waals surface area contributed by atoms with Gasteiger partial charge in [-0.05, 0) is 30.7 Å². The Balaban J connectivity index is 1.76. The first-order valence-electron chi connectivity index (χ1n) is 11.2. The molecule has 4 N–H and O–H groups in total. The highest BCUT2D eigenvalue weighted by Crippen LogP contribution is 2.39. The molecule has 0 aliphatic rings. The number of aliphatic hydroxyl groups excluding tert-OH is 1. The SMILES string of the molecule is Cc1ccccc1-n1c(O)nnc1-c1cc(S(=O)(=O)N(C)Cc2ccccc2OCCO)c(O)cc1O. The number of aryl methyl sites for hydroxylation is 1. The zero-order valence-electron chi connectivity index (χ0n) is 20.1. The summed E-state index contributed by atoms with van der Waals surface area (Å²) in [5.41, 5.74) is 1.78. The molecule has 4 rings (SSSR count). The average molecular weight is 527 g/mol. The second kappa shape index (κ2) is 10.5. The molecule has 3 aromatic carbocycles. The zero-order valence-corrected chi connectivity index (χ0v) is 20.9. The summed E-state index contributed by atoms with van der Waals surface area (Å²) in [4.78, 5) is -0.476. The van der Waals surface area contributed by atoms with Gasteiger partial charge in [0.1, 0.15) is 28.8 Å². The number of aromatic hydroxyl groups is 3. The van der Waals surface area contributed by atoms with E-state index in [0.29, 0.717) is 17.0 Å². The summed E-state index contributed by atoms with van der Waals surface area (Å²) in [5, 5.41) is 48.2. The standard InChI is InChI=1S/C25H26N4O7S/c1-16-7-3-5-9-19(16)29-24(26-27-25(29)33)18-13-23(21(32)14-20(18)31)37(34,35)28(2)15-17-8-4-6-10-22(17)36-12-11-30/h3-10,13-14,30-32H,11-12,15H2,1-2H3,(H,27,33). The molecule has 0 aliphatic carbocycles. The number of phenolic OH excluding ortho intramolecular Hbond substituents is 2. The molecule has 4 aromatic rings. The van der Waals surface area contributed by atoms with Crippen LogP contribution in [0.4, 0.5) is 0 Å². The second-order valence-electron chi connectivity index (χ2n) is 8.22. The molecule has 0 fully saturated rings. The van der Waals surface area contributed by atoms with Crippen LogP contribution in [0.3, 0.4) is 0 Å². The van der Waals surface area contributed by atoms with Gasteiger partial charge in [-0.25, -0.2) is 13.0 Å². The maximum absolute atomic E-state index is 13.5. The van der Waals surface area contributed by atoms with Gasteiger partial charge in [-0.1, -0.05) is 41.5 Å². The van der Waals surface area contributed by atoms with Gasteiger partial charge in [0, 0.05) is 25.2 Å². The highest BCUT2D eigenvalue weighted by atomic mass is 32.2. The van der Waals surface area contributed by atoms with E-state index in [1.165, 1.54) is 11.6 Å². The number of phenols is 2. The van der Waals surface area contributed by atoms with Crippen LogP contribution in [0.25, 0.3) is 17.1 Å². The van der Waals surface area contributed by atoms with Gasteiger partial charge in [0.15, 0.2) is 5.82 Å². The van der Waals surface area contributed by atoms with Gasteiger partial charge in [0.2, 0.25) is 10.0 Å².